The first-order valence-corrected chi connectivity index (χ1v) is 5.57. The van der Waals surface area contributed by atoms with Crippen molar-refractivity contribution in [3.63, 3.8) is 0 Å². The van der Waals surface area contributed by atoms with Gasteiger partial charge in [-0.15, -0.1) is 0 Å². The zero-order valence-corrected chi connectivity index (χ0v) is 10.7. The van der Waals surface area contributed by atoms with Gasteiger partial charge in [0.1, 0.15) is 6.04 Å². The molecular formula is C10H9BrClNO3. The smallest absolute Gasteiger partial charge is 0.325 e. The van der Waals surface area contributed by atoms with Crippen LogP contribution in [0.5, 0.6) is 0 Å². The van der Waals surface area contributed by atoms with E-state index in [2.05, 4.69) is 21.2 Å². The molecule has 1 rings (SSSR count). The minimum absolute atomic E-state index is 0.321. The van der Waals surface area contributed by atoms with E-state index in [0.717, 1.165) is 0 Å². The quantitative estimate of drug-likeness (QED) is 0.900. The van der Waals surface area contributed by atoms with Crippen LogP contribution in [0.25, 0.3) is 0 Å². The Bertz CT molecular complexity index is 436. The molecule has 0 aliphatic carbocycles. The van der Waals surface area contributed by atoms with Crippen LogP contribution < -0.4 is 5.32 Å². The Morgan fingerprint density at radius 2 is 2.12 bits per heavy atom. The minimum atomic E-state index is -1.09. The van der Waals surface area contributed by atoms with Crippen molar-refractivity contribution in [2.45, 2.75) is 13.0 Å². The van der Waals surface area contributed by atoms with Crippen LogP contribution in [-0.4, -0.2) is 23.0 Å². The Balaban J connectivity index is 2.81. The molecule has 0 saturated carbocycles. The van der Waals surface area contributed by atoms with Crippen molar-refractivity contribution in [1.82, 2.24) is 5.32 Å². The topological polar surface area (TPSA) is 66.4 Å². The number of carbonyl (C=O) groups excluding carboxylic acids is 1. The fourth-order valence-corrected chi connectivity index (χ4v) is 1.41. The number of hydrogen-bond acceptors (Lipinski definition) is 2. The van der Waals surface area contributed by atoms with Gasteiger partial charge in [-0.2, -0.15) is 0 Å². The van der Waals surface area contributed by atoms with Crippen LogP contribution in [0.3, 0.4) is 0 Å². The van der Waals surface area contributed by atoms with Crippen LogP contribution in [0.4, 0.5) is 0 Å². The summed E-state index contributed by atoms with van der Waals surface area (Å²) in [6.07, 6.45) is 0. The third kappa shape index (κ3) is 3.21. The van der Waals surface area contributed by atoms with Crippen LogP contribution in [0.15, 0.2) is 22.7 Å². The SMILES string of the molecule is CC(NC(=O)c1ccc(Br)c(Cl)c1)C(=O)O. The highest BCUT2D eigenvalue weighted by molar-refractivity contribution is 9.10. The summed E-state index contributed by atoms with van der Waals surface area (Å²) in [5.41, 5.74) is 0.321. The van der Waals surface area contributed by atoms with E-state index in [-0.39, 0.29) is 0 Å². The van der Waals surface area contributed by atoms with Gasteiger partial charge in [0.05, 0.1) is 5.02 Å². The van der Waals surface area contributed by atoms with E-state index in [9.17, 15) is 9.59 Å². The molecule has 1 atom stereocenters. The molecule has 1 aromatic carbocycles. The van der Waals surface area contributed by atoms with Crippen LogP contribution in [0, 0.1) is 0 Å². The van der Waals surface area contributed by atoms with Crippen LogP contribution in [0.1, 0.15) is 17.3 Å². The molecule has 0 bridgehead atoms. The van der Waals surface area contributed by atoms with Crippen molar-refractivity contribution in [3.05, 3.63) is 33.3 Å². The van der Waals surface area contributed by atoms with Gasteiger partial charge in [-0.3, -0.25) is 9.59 Å². The number of carboxylic acid groups (broad SMARTS) is 1. The Hall–Kier alpha value is -1.07. The third-order valence-corrected chi connectivity index (χ3v) is 3.13. The largest absolute Gasteiger partial charge is 0.480 e. The fourth-order valence-electron chi connectivity index (χ4n) is 0.979. The highest BCUT2D eigenvalue weighted by atomic mass is 79.9. The molecular weight excluding hydrogens is 297 g/mol. The predicted molar refractivity (Wildman–Crippen MR) is 63.7 cm³/mol. The molecule has 86 valence electrons. The number of benzene rings is 1. The molecule has 1 amide bonds. The van der Waals surface area contributed by atoms with Crippen LogP contribution >= 0.6 is 27.5 Å². The lowest BCUT2D eigenvalue weighted by Crippen LogP contribution is -2.38. The zero-order valence-electron chi connectivity index (χ0n) is 8.33. The Morgan fingerprint density at radius 1 is 1.50 bits per heavy atom. The second-order valence-corrected chi connectivity index (χ2v) is 4.42. The van der Waals surface area contributed by atoms with Crippen molar-refractivity contribution < 1.29 is 14.7 Å². The average molecular weight is 307 g/mol. The van der Waals surface area contributed by atoms with E-state index in [1.54, 1.807) is 12.1 Å². The highest BCUT2D eigenvalue weighted by Gasteiger charge is 2.15. The van der Waals surface area contributed by atoms with Gasteiger partial charge in [0, 0.05) is 10.0 Å². The molecule has 0 spiro atoms. The molecule has 16 heavy (non-hydrogen) atoms. The maximum atomic E-state index is 11.6. The van der Waals surface area contributed by atoms with Crippen molar-refractivity contribution in [2.75, 3.05) is 0 Å². The molecule has 0 saturated heterocycles. The predicted octanol–water partition coefficient (Wildman–Crippen LogP) is 2.31. The van der Waals surface area contributed by atoms with E-state index in [1.807, 2.05) is 0 Å². The Morgan fingerprint density at radius 3 is 2.62 bits per heavy atom. The van der Waals surface area contributed by atoms with Gasteiger partial charge in [0.2, 0.25) is 0 Å². The van der Waals surface area contributed by atoms with Crippen molar-refractivity contribution in [1.29, 1.82) is 0 Å². The zero-order chi connectivity index (χ0) is 12.3. The van der Waals surface area contributed by atoms with Gasteiger partial charge >= 0.3 is 5.97 Å². The number of hydrogen-bond donors (Lipinski definition) is 2. The molecule has 1 unspecified atom stereocenters. The first kappa shape index (κ1) is 13.0. The van der Waals surface area contributed by atoms with Gasteiger partial charge < -0.3 is 10.4 Å². The molecule has 0 fully saturated rings. The summed E-state index contributed by atoms with van der Waals surface area (Å²) in [7, 11) is 0. The summed E-state index contributed by atoms with van der Waals surface area (Å²) in [5, 5.41) is 11.4. The maximum Gasteiger partial charge on any atom is 0.325 e. The number of carbonyl (C=O) groups is 2. The van der Waals surface area contributed by atoms with E-state index in [0.29, 0.717) is 15.1 Å². The van der Waals surface area contributed by atoms with Gasteiger partial charge in [-0.25, -0.2) is 0 Å². The minimum Gasteiger partial charge on any atom is -0.480 e. The number of halogens is 2. The Kier molecular flexibility index (Phi) is 4.32. The third-order valence-electron chi connectivity index (χ3n) is 1.90. The molecule has 0 heterocycles. The van der Waals surface area contributed by atoms with Crippen molar-refractivity contribution in [2.24, 2.45) is 0 Å². The highest BCUT2D eigenvalue weighted by Crippen LogP contribution is 2.23. The lowest BCUT2D eigenvalue weighted by Gasteiger charge is -2.09. The normalized spacial score (nSPS) is 11.9. The van der Waals surface area contributed by atoms with Crippen molar-refractivity contribution in [3.8, 4) is 0 Å². The number of amides is 1. The molecule has 2 N–H and O–H groups in total. The average Bonchev–Trinajstić information content (AvgIpc) is 2.21. The molecule has 0 aliphatic rings. The summed E-state index contributed by atoms with van der Waals surface area (Å²) >= 11 is 9.01. The van der Waals surface area contributed by atoms with Gasteiger partial charge in [-0.05, 0) is 41.1 Å². The van der Waals surface area contributed by atoms with E-state index >= 15 is 0 Å². The van der Waals surface area contributed by atoms with Crippen LogP contribution in [0.2, 0.25) is 5.02 Å². The molecule has 0 radical (unpaired) electrons. The molecule has 6 heteroatoms. The molecule has 0 aromatic heterocycles. The summed E-state index contributed by atoms with van der Waals surface area (Å²) in [5.74, 6) is -1.55. The number of carboxylic acids is 1. The lowest BCUT2D eigenvalue weighted by molar-refractivity contribution is -0.138. The van der Waals surface area contributed by atoms with Crippen LogP contribution in [-0.2, 0) is 4.79 Å². The van der Waals surface area contributed by atoms with Gasteiger partial charge in [0.15, 0.2) is 0 Å². The first-order chi connectivity index (χ1) is 7.41. The van der Waals surface area contributed by atoms with Gasteiger partial charge in [-0.1, -0.05) is 11.6 Å². The summed E-state index contributed by atoms with van der Waals surface area (Å²) in [4.78, 5) is 22.1. The monoisotopic (exact) mass is 305 g/mol. The standard InChI is InChI=1S/C10H9BrClNO3/c1-5(10(15)16)13-9(14)6-2-3-7(11)8(12)4-6/h2-5H,1H3,(H,13,14)(H,15,16). The van der Waals surface area contributed by atoms with E-state index in [4.69, 9.17) is 16.7 Å². The molecule has 1 aromatic rings. The summed E-state index contributed by atoms with van der Waals surface area (Å²) in [6, 6.07) is 3.72. The van der Waals surface area contributed by atoms with Gasteiger partial charge in [0.25, 0.3) is 5.91 Å². The maximum absolute atomic E-state index is 11.6. The molecule has 0 aliphatic heterocycles. The summed E-state index contributed by atoms with van der Waals surface area (Å²) < 4.78 is 0.678. The molecule has 4 nitrogen and oxygen atoms in total. The Labute approximate surface area is 106 Å². The lowest BCUT2D eigenvalue weighted by atomic mass is 10.2. The first-order valence-electron chi connectivity index (χ1n) is 4.40. The fraction of sp³-hybridized carbons (Fsp3) is 0.200. The van der Waals surface area contributed by atoms with E-state index in [1.165, 1.54) is 13.0 Å². The number of aliphatic carboxylic acids is 1. The second kappa shape index (κ2) is 5.32. The van der Waals surface area contributed by atoms with Crippen molar-refractivity contribution >= 4 is 39.4 Å². The number of nitrogens with one attached hydrogen (secondary N) is 1. The summed E-state index contributed by atoms with van der Waals surface area (Å²) in [6.45, 7) is 1.39. The van der Waals surface area contributed by atoms with E-state index < -0.39 is 17.9 Å². The second-order valence-electron chi connectivity index (χ2n) is 3.16. The number of rotatable bonds is 3.